The summed E-state index contributed by atoms with van der Waals surface area (Å²) >= 11 is 1.61. The average molecular weight is 234 g/mol. The van der Waals surface area contributed by atoms with Crippen LogP contribution in [0.15, 0.2) is 6.07 Å². The maximum atomic E-state index is 11.7. The van der Waals surface area contributed by atoms with Crippen molar-refractivity contribution in [2.75, 3.05) is 6.54 Å². The van der Waals surface area contributed by atoms with Gasteiger partial charge in [-0.2, -0.15) is 5.26 Å². The molecule has 1 heterocycles. The Hall–Kier alpha value is -1.34. The van der Waals surface area contributed by atoms with Gasteiger partial charge in [-0.3, -0.25) is 4.79 Å². The molecule has 0 bridgehead atoms. The number of carbonyl (C=O) groups is 1. The SMILES string of the molecule is N#CCCNC(=O)c1cc2c(s1)CCCC2. The monoisotopic (exact) mass is 234 g/mol. The van der Waals surface area contributed by atoms with Crippen molar-refractivity contribution >= 4 is 17.2 Å². The Morgan fingerprint density at radius 3 is 3.06 bits per heavy atom. The molecule has 84 valence electrons. The van der Waals surface area contributed by atoms with Crippen molar-refractivity contribution in [3.8, 4) is 6.07 Å². The number of nitrogens with one attached hydrogen (secondary N) is 1. The predicted molar refractivity (Wildman–Crippen MR) is 63.5 cm³/mol. The van der Waals surface area contributed by atoms with E-state index in [0.29, 0.717) is 13.0 Å². The Morgan fingerprint density at radius 1 is 1.50 bits per heavy atom. The summed E-state index contributed by atoms with van der Waals surface area (Å²) in [6, 6.07) is 4.03. The number of rotatable bonds is 3. The molecule has 3 nitrogen and oxygen atoms in total. The van der Waals surface area contributed by atoms with Crippen LogP contribution in [0.5, 0.6) is 0 Å². The van der Waals surface area contributed by atoms with Crippen LogP contribution < -0.4 is 5.32 Å². The fourth-order valence-corrected chi connectivity index (χ4v) is 3.09. The molecule has 1 amide bonds. The Labute approximate surface area is 99.1 Å². The van der Waals surface area contributed by atoms with E-state index < -0.39 is 0 Å². The van der Waals surface area contributed by atoms with E-state index in [1.165, 1.54) is 23.3 Å². The number of aryl methyl sites for hydroxylation is 2. The molecule has 0 atom stereocenters. The van der Waals surface area contributed by atoms with E-state index >= 15 is 0 Å². The minimum atomic E-state index is -0.0327. The molecule has 1 aliphatic rings. The Kier molecular flexibility index (Phi) is 3.58. The summed E-state index contributed by atoms with van der Waals surface area (Å²) in [6.45, 7) is 0.442. The van der Waals surface area contributed by atoms with E-state index in [9.17, 15) is 4.79 Å². The molecule has 2 rings (SSSR count). The van der Waals surface area contributed by atoms with E-state index in [4.69, 9.17) is 5.26 Å². The maximum Gasteiger partial charge on any atom is 0.261 e. The van der Waals surface area contributed by atoms with Gasteiger partial charge in [0.1, 0.15) is 0 Å². The van der Waals surface area contributed by atoms with Gasteiger partial charge in [0, 0.05) is 11.4 Å². The molecule has 4 heteroatoms. The number of nitrogens with zero attached hydrogens (tertiary/aromatic N) is 1. The van der Waals surface area contributed by atoms with Crippen LogP contribution in [0.2, 0.25) is 0 Å². The van der Waals surface area contributed by atoms with Gasteiger partial charge in [0.2, 0.25) is 0 Å². The lowest BCUT2D eigenvalue weighted by Gasteiger charge is -2.08. The lowest BCUT2D eigenvalue weighted by Crippen LogP contribution is -2.23. The van der Waals surface area contributed by atoms with Crippen molar-refractivity contribution < 1.29 is 4.79 Å². The molecule has 1 aromatic heterocycles. The van der Waals surface area contributed by atoms with Crippen molar-refractivity contribution in [2.45, 2.75) is 32.1 Å². The molecule has 0 saturated carbocycles. The van der Waals surface area contributed by atoms with Crippen molar-refractivity contribution in [3.05, 3.63) is 21.4 Å². The van der Waals surface area contributed by atoms with Gasteiger partial charge in [0.15, 0.2) is 0 Å². The van der Waals surface area contributed by atoms with Crippen LogP contribution in [-0.2, 0) is 12.8 Å². The number of amides is 1. The first-order valence-electron chi connectivity index (χ1n) is 5.58. The normalized spacial score (nSPS) is 13.9. The molecule has 16 heavy (non-hydrogen) atoms. The molecule has 0 unspecified atom stereocenters. The van der Waals surface area contributed by atoms with Gasteiger partial charge in [-0.1, -0.05) is 0 Å². The zero-order valence-electron chi connectivity index (χ0n) is 9.08. The number of nitriles is 1. The number of hydrogen-bond acceptors (Lipinski definition) is 3. The number of thiophene rings is 1. The van der Waals surface area contributed by atoms with Crippen molar-refractivity contribution in [3.63, 3.8) is 0 Å². The summed E-state index contributed by atoms with van der Waals surface area (Å²) in [5.74, 6) is -0.0327. The third kappa shape index (κ3) is 2.42. The molecule has 0 aliphatic heterocycles. The lowest BCUT2D eigenvalue weighted by molar-refractivity contribution is 0.0958. The molecular formula is C12H14N2OS. The highest BCUT2D eigenvalue weighted by Gasteiger charge is 2.16. The highest BCUT2D eigenvalue weighted by atomic mass is 32.1. The zero-order chi connectivity index (χ0) is 11.4. The smallest absolute Gasteiger partial charge is 0.261 e. The molecule has 1 aromatic rings. The van der Waals surface area contributed by atoms with Gasteiger partial charge in [-0.05, 0) is 37.3 Å². The second-order valence-corrected chi connectivity index (χ2v) is 5.07. The number of carbonyl (C=O) groups excluding carboxylic acids is 1. The van der Waals surface area contributed by atoms with Crippen LogP contribution >= 0.6 is 11.3 Å². The summed E-state index contributed by atoms with van der Waals surface area (Å²) < 4.78 is 0. The van der Waals surface area contributed by atoms with Crippen LogP contribution in [0.3, 0.4) is 0 Å². The maximum absolute atomic E-state index is 11.7. The molecule has 0 spiro atoms. The molecule has 0 saturated heterocycles. The van der Waals surface area contributed by atoms with Crippen molar-refractivity contribution in [1.29, 1.82) is 5.26 Å². The Bertz CT molecular complexity index is 407. The van der Waals surface area contributed by atoms with Crippen LogP contribution in [0, 0.1) is 11.3 Å². The van der Waals surface area contributed by atoms with E-state index in [-0.39, 0.29) is 5.91 Å². The van der Waals surface area contributed by atoms with Gasteiger partial charge < -0.3 is 5.32 Å². The van der Waals surface area contributed by atoms with Gasteiger partial charge in [0.25, 0.3) is 5.91 Å². The lowest BCUT2D eigenvalue weighted by atomic mass is 9.99. The molecule has 1 aliphatic carbocycles. The third-order valence-electron chi connectivity index (χ3n) is 2.74. The first-order chi connectivity index (χ1) is 7.81. The summed E-state index contributed by atoms with van der Waals surface area (Å²) in [4.78, 5) is 13.9. The van der Waals surface area contributed by atoms with Gasteiger partial charge in [-0.25, -0.2) is 0 Å². The van der Waals surface area contributed by atoms with E-state index in [1.807, 2.05) is 12.1 Å². The Balaban J connectivity index is 2.01. The second-order valence-electron chi connectivity index (χ2n) is 3.93. The molecule has 1 N–H and O–H groups in total. The number of hydrogen-bond donors (Lipinski definition) is 1. The largest absolute Gasteiger partial charge is 0.350 e. The third-order valence-corrected chi connectivity index (χ3v) is 3.98. The summed E-state index contributed by atoms with van der Waals surface area (Å²) in [5, 5.41) is 11.1. The summed E-state index contributed by atoms with van der Waals surface area (Å²) in [7, 11) is 0. The second kappa shape index (κ2) is 5.13. The number of fused-ring (bicyclic) bond motifs is 1. The first kappa shape index (κ1) is 11.2. The standard InChI is InChI=1S/C12H14N2OS/c13-6-3-7-14-12(15)11-8-9-4-1-2-5-10(9)16-11/h8H,1-5,7H2,(H,14,15). The minimum absolute atomic E-state index is 0.0327. The fourth-order valence-electron chi connectivity index (χ4n) is 1.92. The molecule has 0 aromatic carbocycles. The van der Waals surface area contributed by atoms with Crippen LogP contribution in [0.1, 0.15) is 39.4 Å². The highest BCUT2D eigenvalue weighted by Crippen LogP contribution is 2.29. The molecule has 0 fully saturated rings. The molecule has 0 radical (unpaired) electrons. The minimum Gasteiger partial charge on any atom is -0.350 e. The van der Waals surface area contributed by atoms with Gasteiger partial charge in [0.05, 0.1) is 17.4 Å². The van der Waals surface area contributed by atoms with Crippen LogP contribution in [0.25, 0.3) is 0 Å². The fraction of sp³-hybridized carbons (Fsp3) is 0.500. The van der Waals surface area contributed by atoms with E-state index in [1.54, 1.807) is 11.3 Å². The zero-order valence-corrected chi connectivity index (χ0v) is 9.90. The van der Waals surface area contributed by atoms with Gasteiger partial charge >= 0.3 is 0 Å². The quantitative estimate of drug-likeness (QED) is 0.816. The van der Waals surface area contributed by atoms with Crippen LogP contribution in [-0.4, -0.2) is 12.5 Å². The van der Waals surface area contributed by atoms with E-state index in [0.717, 1.165) is 17.7 Å². The predicted octanol–water partition coefficient (Wildman–Crippen LogP) is 2.27. The summed E-state index contributed by atoms with van der Waals surface area (Å²) in [5.41, 5.74) is 1.35. The van der Waals surface area contributed by atoms with Gasteiger partial charge in [-0.15, -0.1) is 11.3 Å². The van der Waals surface area contributed by atoms with Crippen molar-refractivity contribution in [2.24, 2.45) is 0 Å². The van der Waals surface area contributed by atoms with E-state index in [2.05, 4.69) is 5.32 Å². The van der Waals surface area contributed by atoms with Crippen LogP contribution in [0.4, 0.5) is 0 Å². The van der Waals surface area contributed by atoms with Crippen molar-refractivity contribution in [1.82, 2.24) is 5.32 Å². The Morgan fingerprint density at radius 2 is 2.31 bits per heavy atom. The average Bonchev–Trinajstić information content (AvgIpc) is 2.73. The topological polar surface area (TPSA) is 52.9 Å². The highest BCUT2D eigenvalue weighted by molar-refractivity contribution is 7.14. The molecular weight excluding hydrogens is 220 g/mol. The summed E-state index contributed by atoms with van der Waals surface area (Å²) in [6.07, 6.45) is 5.07. The first-order valence-corrected chi connectivity index (χ1v) is 6.39.